The lowest BCUT2D eigenvalue weighted by Gasteiger charge is -2.24. The van der Waals surface area contributed by atoms with Crippen molar-refractivity contribution in [2.24, 2.45) is 11.5 Å². The quantitative estimate of drug-likeness (QED) is 0.165. The van der Waals surface area contributed by atoms with Crippen LogP contribution in [0.2, 0.25) is 0 Å². The molecule has 28 heavy (non-hydrogen) atoms. The number of nitrogens with two attached hydrogens (primary N) is 2. The molecule has 0 aromatic heterocycles. The van der Waals surface area contributed by atoms with Crippen molar-refractivity contribution in [2.75, 3.05) is 0 Å². The van der Waals surface area contributed by atoms with Crippen molar-refractivity contribution in [3.05, 3.63) is 0 Å². The molecular formula is C15H27N5O8. The highest BCUT2D eigenvalue weighted by atomic mass is 16.4. The van der Waals surface area contributed by atoms with E-state index in [1.807, 2.05) is 5.32 Å². The molecule has 0 aliphatic heterocycles. The lowest BCUT2D eigenvalue weighted by Crippen LogP contribution is -2.58. The number of carboxylic acids is 1. The van der Waals surface area contributed by atoms with Gasteiger partial charge in [0, 0.05) is 0 Å². The molecule has 13 nitrogen and oxygen atoms in total. The van der Waals surface area contributed by atoms with Crippen LogP contribution in [0.1, 0.15) is 27.2 Å². The van der Waals surface area contributed by atoms with Crippen molar-refractivity contribution in [2.45, 2.75) is 63.6 Å². The summed E-state index contributed by atoms with van der Waals surface area (Å²) in [5.74, 6) is -5.22. The zero-order chi connectivity index (χ0) is 22.2. The van der Waals surface area contributed by atoms with Crippen LogP contribution in [0.15, 0.2) is 0 Å². The van der Waals surface area contributed by atoms with E-state index in [0.29, 0.717) is 0 Å². The molecule has 0 aliphatic carbocycles. The van der Waals surface area contributed by atoms with Gasteiger partial charge in [-0.25, -0.2) is 4.79 Å². The number of carboxylic acid groups (broad SMARTS) is 1. The molecule has 10 N–H and O–H groups in total. The number of aliphatic hydroxyl groups excluding tert-OH is 2. The van der Waals surface area contributed by atoms with Crippen molar-refractivity contribution in [3.8, 4) is 0 Å². The summed E-state index contributed by atoms with van der Waals surface area (Å²) in [4.78, 5) is 58.4. The Morgan fingerprint density at radius 2 is 1.39 bits per heavy atom. The maximum Gasteiger partial charge on any atom is 0.328 e. The summed E-state index contributed by atoms with van der Waals surface area (Å²) in [6.07, 6.45) is -3.23. The van der Waals surface area contributed by atoms with Crippen LogP contribution in [-0.4, -0.2) is 81.3 Å². The number of aliphatic carboxylic acids is 1. The molecular weight excluding hydrogens is 378 g/mol. The minimum atomic E-state index is -1.60. The third kappa shape index (κ3) is 8.28. The van der Waals surface area contributed by atoms with E-state index in [1.54, 1.807) is 0 Å². The van der Waals surface area contributed by atoms with Crippen molar-refractivity contribution >= 4 is 29.6 Å². The summed E-state index contributed by atoms with van der Waals surface area (Å²) in [7, 11) is 0. The van der Waals surface area contributed by atoms with Gasteiger partial charge in [-0.2, -0.15) is 0 Å². The molecule has 6 atom stereocenters. The van der Waals surface area contributed by atoms with Gasteiger partial charge in [-0.15, -0.1) is 0 Å². The fraction of sp³-hybridized carbons (Fsp3) is 0.667. The van der Waals surface area contributed by atoms with E-state index in [1.165, 1.54) is 13.8 Å². The molecule has 0 bridgehead atoms. The zero-order valence-corrected chi connectivity index (χ0v) is 15.7. The van der Waals surface area contributed by atoms with Gasteiger partial charge in [-0.1, -0.05) is 0 Å². The van der Waals surface area contributed by atoms with Gasteiger partial charge in [0.25, 0.3) is 0 Å². The van der Waals surface area contributed by atoms with Crippen LogP contribution < -0.4 is 27.4 Å². The first-order valence-electron chi connectivity index (χ1n) is 8.31. The average molecular weight is 405 g/mol. The first-order chi connectivity index (χ1) is 12.8. The third-order valence-electron chi connectivity index (χ3n) is 3.66. The van der Waals surface area contributed by atoms with Gasteiger partial charge in [0.15, 0.2) is 6.04 Å². The molecule has 0 saturated heterocycles. The number of hydrogen-bond donors (Lipinski definition) is 8. The van der Waals surface area contributed by atoms with Crippen LogP contribution >= 0.6 is 0 Å². The van der Waals surface area contributed by atoms with Gasteiger partial charge < -0.3 is 42.7 Å². The Bertz CT molecular complexity index is 609. The lowest BCUT2D eigenvalue weighted by molar-refractivity contribution is -0.145. The number of carbonyl (C=O) groups excluding carboxylic acids is 4. The maximum absolute atomic E-state index is 12.3. The van der Waals surface area contributed by atoms with Crippen molar-refractivity contribution in [3.63, 3.8) is 0 Å². The SMILES string of the molecule is CC(NC(=O)C(CC(N)=O)NC(=O)C(N)C(C)O)C(=O)NC(C(=O)O)C(C)O. The third-order valence-corrected chi connectivity index (χ3v) is 3.66. The monoisotopic (exact) mass is 405 g/mol. The minimum absolute atomic E-state index is 0.607. The predicted octanol–water partition coefficient (Wildman–Crippen LogP) is -4.49. The number of aliphatic hydroxyl groups is 2. The van der Waals surface area contributed by atoms with Gasteiger partial charge in [-0.05, 0) is 20.8 Å². The van der Waals surface area contributed by atoms with E-state index in [-0.39, 0.29) is 0 Å². The first kappa shape index (κ1) is 25.2. The summed E-state index contributed by atoms with van der Waals surface area (Å²) in [6.45, 7) is 3.63. The van der Waals surface area contributed by atoms with Gasteiger partial charge in [0.05, 0.1) is 18.6 Å². The van der Waals surface area contributed by atoms with Crippen molar-refractivity contribution < 1.29 is 39.3 Å². The number of nitrogens with one attached hydrogen (secondary N) is 3. The van der Waals surface area contributed by atoms with Gasteiger partial charge in [0.1, 0.15) is 18.1 Å². The second kappa shape index (κ2) is 11.2. The molecule has 160 valence electrons. The minimum Gasteiger partial charge on any atom is -0.480 e. The van der Waals surface area contributed by atoms with E-state index in [9.17, 15) is 34.2 Å². The van der Waals surface area contributed by atoms with Crippen molar-refractivity contribution in [1.82, 2.24) is 16.0 Å². The highest BCUT2D eigenvalue weighted by Crippen LogP contribution is 1.99. The van der Waals surface area contributed by atoms with E-state index in [0.717, 1.165) is 6.92 Å². The Morgan fingerprint density at radius 1 is 0.857 bits per heavy atom. The summed E-state index contributed by atoms with van der Waals surface area (Å²) >= 11 is 0. The normalized spacial score (nSPS) is 17.2. The fourth-order valence-corrected chi connectivity index (χ4v) is 1.94. The van der Waals surface area contributed by atoms with Gasteiger partial charge >= 0.3 is 5.97 Å². The Balaban J connectivity index is 5.09. The van der Waals surface area contributed by atoms with Crippen LogP contribution in [0.3, 0.4) is 0 Å². The van der Waals surface area contributed by atoms with E-state index < -0.39 is 72.4 Å². The molecule has 0 aromatic rings. The molecule has 0 rings (SSSR count). The lowest BCUT2D eigenvalue weighted by atomic mass is 10.1. The predicted molar refractivity (Wildman–Crippen MR) is 94.3 cm³/mol. The summed E-state index contributed by atoms with van der Waals surface area (Å²) in [5.41, 5.74) is 10.5. The highest BCUT2D eigenvalue weighted by Gasteiger charge is 2.31. The number of rotatable bonds is 11. The van der Waals surface area contributed by atoms with Gasteiger partial charge in [-0.3, -0.25) is 19.2 Å². The zero-order valence-electron chi connectivity index (χ0n) is 15.7. The summed E-state index contributed by atoms with van der Waals surface area (Å²) in [6, 6.07) is -5.72. The van der Waals surface area contributed by atoms with Crippen LogP contribution in [0, 0.1) is 0 Å². The molecule has 0 saturated carbocycles. The Morgan fingerprint density at radius 3 is 1.79 bits per heavy atom. The standard InChI is InChI=1S/C15H27N5O8/c1-5(12(24)20-11(7(3)22)15(27)28)18-13(25)8(4-9(16)23)19-14(26)10(17)6(2)21/h5-8,10-11,21-22H,4,17H2,1-3H3,(H2,16,23)(H,18,25)(H,19,26)(H,20,24)(H,27,28). The molecule has 13 heteroatoms. The topological polar surface area (TPSA) is 234 Å². The second-order valence-corrected chi connectivity index (χ2v) is 6.29. The smallest absolute Gasteiger partial charge is 0.328 e. The molecule has 6 unspecified atom stereocenters. The number of hydrogen-bond acceptors (Lipinski definition) is 8. The maximum atomic E-state index is 12.3. The van der Waals surface area contributed by atoms with Crippen molar-refractivity contribution in [1.29, 1.82) is 0 Å². The average Bonchev–Trinajstić information content (AvgIpc) is 2.56. The molecule has 0 aromatic carbocycles. The van der Waals surface area contributed by atoms with Gasteiger partial charge in [0.2, 0.25) is 23.6 Å². The van der Waals surface area contributed by atoms with Crippen LogP contribution in [0.5, 0.6) is 0 Å². The van der Waals surface area contributed by atoms with Crippen LogP contribution in [0.4, 0.5) is 0 Å². The molecule has 0 fully saturated rings. The van der Waals surface area contributed by atoms with Crippen LogP contribution in [-0.2, 0) is 24.0 Å². The fourth-order valence-electron chi connectivity index (χ4n) is 1.94. The van der Waals surface area contributed by atoms with E-state index >= 15 is 0 Å². The Kier molecular flexibility index (Phi) is 10.1. The molecule has 4 amide bonds. The Hall–Kier alpha value is -2.77. The summed E-state index contributed by atoms with van der Waals surface area (Å²) < 4.78 is 0. The molecule has 0 aliphatic rings. The number of carbonyl (C=O) groups is 5. The summed E-state index contributed by atoms with van der Waals surface area (Å²) in [5, 5.41) is 34.0. The molecule has 0 heterocycles. The second-order valence-electron chi connectivity index (χ2n) is 6.29. The molecule has 0 radical (unpaired) electrons. The molecule has 0 spiro atoms. The number of amides is 4. The van der Waals surface area contributed by atoms with E-state index in [4.69, 9.17) is 16.6 Å². The first-order valence-corrected chi connectivity index (χ1v) is 8.31. The van der Waals surface area contributed by atoms with E-state index in [2.05, 4.69) is 10.6 Å². The Labute approximate surface area is 160 Å². The highest BCUT2D eigenvalue weighted by molar-refractivity contribution is 5.96. The largest absolute Gasteiger partial charge is 0.480 e. The number of primary amides is 1. The van der Waals surface area contributed by atoms with Crippen LogP contribution in [0.25, 0.3) is 0 Å².